The van der Waals surface area contributed by atoms with Crippen molar-refractivity contribution in [3.8, 4) is 0 Å². The summed E-state index contributed by atoms with van der Waals surface area (Å²) < 4.78 is 35.4. The van der Waals surface area contributed by atoms with Crippen molar-refractivity contribution in [3.05, 3.63) is 65.7 Å². The lowest BCUT2D eigenvalue weighted by Crippen LogP contribution is -2.35. The number of benzene rings is 2. The fourth-order valence-electron chi connectivity index (χ4n) is 2.75. The van der Waals surface area contributed by atoms with E-state index in [1.807, 2.05) is 37.3 Å². The lowest BCUT2D eigenvalue weighted by Gasteiger charge is -2.34. The molecule has 0 unspecified atom stereocenters. The van der Waals surface area contributed by atoms with E-state index < -0.39 is 10.1 Å². The monoisotopic (exact) mass is 346 g/mol. The van der Waals surface area contributed by atoms with E-state index in [1.54, 1.807) is 24.3 Å². The Morgan fingerprint density at radius 3 is 2.33 bits per heavy atom. The van der Waals surface area contributed by atoms with E-state index in [-0.39, 0.29) is 11.0 Å². The van der Waals surface area contributed by atoms with Crippen LogP contribution < -0.4 is 0 Å². The Kier molecular flexibility index (Phi) is 5.33. The van der Waals surface area contributed by atoms with Crippen LogP contribution in [-0.2, 0) is 25.6 Å². The Morgan fingerprint density at radius 1 is 1.00 bits per heavy atom. The average Bonchev–Trinajstić information content (AvgIpc) is 2.53. The topological polar surface area (TPSA) is 52.6 Å². The van der Waals surface area contributed by atoms with Gasteiger partial charge in [-0.15, -0.1) is 0 Å². The largest absolute Gasteiger partial charge is 0.376 e. The van der Waals surface area contributed by atoms with E-state index in [4.69, 9.17) is 8.92 Å². The molecule has 128 valence electrons. The minimum atomic E-state index is -3.66. The predicted octanol–water partition coefficient (Wildman–Crippen LogP) is 3.70. The first-order valence-corrected chi connectivity index (χ1v) is 9.55. The second kappa shape index (κ2) is 7.47. The third-order valence-corrected chi connectivity index (χ3v) is 5.61. The molecule has 0 aromatic heterocycles. The van der Waals surface area contributed by atoms with Crippen LogP contribution in [0.1, 0.15) is 24.0 Å². The Balaban J connectivity index is 1.41. The summed E-state index contributed by atoms with van der Waals surface area (Å²) in [7, 11) is -3.66. The van der Waals surface area contributed by atoms with Crippen LogP contribution in [0.3, 0.4) is 0 Å². The normalized spacial score (nSPS) is 20.5. The number of hydrogen-bond acceptors (Lipinski definition) is 4. The van der Waals surface area contributed by atoms with Crippen LogP contribution in [-0.4, -0.2) is 21.1 Å². The van der Waals surface area contributed by atoms with Gasteiger partial charge in [-0.25, -0.2) is 0 Å². The fraction of sp³-hybridized carbons (Fsp3) is 0.368. The van der Waals surface area contributed by atoms with Gasteiger partial charge in [0.25, 0.3) is 10.1 Å². The summed E-state index contributed by atoms with van der Waals surface area (Å²) in [5, 5.41) is 0. The van der Waals surface area contributed by atoms with Crippen molar-refractivity contribution in [2.75, 3.05) is 6.61 Å². The Bertz CT molecular complexity index is 748. The molecule has 1 aliphatic carbocycles. The summed E-state index contributed by atoms with van der Waals surface area (Å²) in [5.41, 5.74) is 2.17. The second-order valence-electron chi connectivity index (χ2n) is 6.32. The highest BCUT2D eigenvalue weighted by molar-refractivity contribution is 7.86. The van der Waals surface area contributed by atoms with Crippen molar-refractivity contribution in [3.63, 3.8) is 0 Å². The van der Waals surface area contributed by atoms with E-state index in [1.165, 1.54) is 0 Å². The Labute approximate surface area is 143 Å². The van der Waals surface area contributed by atoms with Crippen molar-refractivity contribution in [1.29, 1.82) is 0 Å². The number of rotatable bonds is 7. The van der Waals surface area contributed by atoms with Gasteiger partial charge in [0.05, 0.1) is 24.2 Å². The smallest absolute Gasteiger partial charge is 0.297 e. The molecule has 2 aromatic rings. The molecule has 0 atom stereocenters. The van der Waals surface area contributed by atoms with E-state index in [0.29, 0.717) is 19.1 Å². The highest BCUT2D eigenvalue weighted by Gasteiger charge is 2.34. The summed E-state index contributed by atoms with van der Waals surface area (Å²) >= 11 is 0. The summed E-state index contributed by atoms with van der Waals surface area (Å²) in [6.07, 6.45) is 1.21. The Hall–Kier alpha value is -1.69. The fourth-order valence-corrected chi connectivity index (χ4v) is 3.84. The van der Waals surface area contributed by atoms with Gasteiger partial charge in [0.1, 0.15) is 0 Å². The molecule has 2 aromatic carbocycles. The van der Waals surface area contributed by atoms with Gasteiger partial charge in [-0.05, 0) is 43.4 Å². The number of hydrogen-bond donors (Lipinski definition) is 0. The van der Waals surface area contributed by atoms with Crippen LogP contribution in [0.2, 0.25) is 0 Å². The van der Waals surface area contributed by atoms with Gasteiger partial charge in [0.15, 0.2) is 0 Å². The zero-order valence-electron chi connectivity index (χ0n) is 13.7. The Morgan fingerprint density at radius 2 is 1.67 bits per heavy atom. The van der Waals surface area contributed by atoms with Gasteiger partial charge in [-0.2, -0.15) is 8.42 Å². The van der Waals surface area contributed by atoms with E-state index in [2.05, 4.69) is 0 Å². The molecule has 1 aliphatic rings. The lowest BCUT2D eigenvalue weighted by molar-refractivity contribution is 0.000184. The maximum atomic E-state index is 12.2. The SMILES string of the molecule is Cc1ccc(S(=O)(=O)O[C@H]2C[C@H](COCc3ccccc3)C2)cc1. The standard InChI is InChI=1S/C19H22O4S/c1-15-7-9-19(10-8-15)24(20,21)23-18-11-17(12-18)14-22-13-16-5-3-2-4-6-16/h2-10,17-18H,11-14H2,1H3/t17-,18-. The third kappa shape index (κ3) is 4.44. The molecular formula is C19H22O4S. The van der Waals surface area contributed by atoms with Gasteiger partial charge >= 0.3 is 0 Å². The van der Waals surface area contributed by atoms with Gasteiger partial charge < -0.3 is 4.74 Å². The zero-order chi connectivity index (χ0) is 17.0. The molecule has 0 N–H and O–H groups in total. The second-order valence-corrected chi connectivity index (χ2v) is 7.90. The average molecular weight is 346 g/mol. The van der Waals surface area contributed by atoms with Crippen LogP contribution in [0.15, 0.2) is 59.5 Å². The molecule has 1 fully saturated rings. The molecule has 4 nitrogen and oxygen atoms in total. The van der Waals surface area contributed by atoms with Crippen LogP contribution in [0.4, 0.5) is 0 Å². The van der Waals surface area contributed by atoms with Gasteiger partial charge in [-0.3, -0.25) is 4.18 Å². The molecule has 24 heavy (non-hydrogen) atoms. The molecule has 0 aliphatic heterocycles. The zero-order valence-corrected chi connectivity index (χ0v) is 14.5. The maximum absolute atomic E-state index is 12.2. The van der Waals surface area contributed by atoms with Crippen molar-refractivity contribution in [2.45, 2.75) is 37.4 Å². The molecule has 1 saturated carbocycles. The molecule has 3 rings (SSSR count). The molecule has 0 bridgehead atoms. The summed E-state index contributed by atoms with van der Waals surface area (Å²) in [6, 6.07) is 16.7. The lowest BCUT2D eigenvalue weighted by atomic mass is 9.83. The molecule has 0 radical (unpaired) electrons. The van der Waals surface area contributed by atoms with Crippen LogP contribution in [0.25, 0.3) is 0 Å². The van der Waals surface area contributed by atoms with E-state index >= 15 is 0 Å². The molecule has 0 amide bonds. The quantitative estimate of drug-likeness (QED) is 0.718. The van der Waals surface area contributed by atoms with E-state index in [9.17, 15) is 8.42 Å². The van der Waals surface area contributed by atoms with Gasteiger partial charge in [0, 0.05) is 0 Å². The summed E-state index contributed by atoms with van der Waals surface area (Å²) in [4.78, 5) is 0.219. The molecule has 0 spiro atoms. The minimum absolute atomic E-state index is 0.219. The molecular weight excluding hydrogens is 324 g/mol. The summed E-state index contributed by atoms with van der Waals surface area (Å²) in [6.45, 7) is 3.15. The van der Waals surface area contributed by atoms with E-state index in [0.717, 1.165) is 24.0 Å². The first kappa shape index (κ1) is 17.1. The first-order chi connectivity index (χ1) is 11.5. The number of aryl methyl sites for hydroxylation is 1. The maximum Gasteiger partial charge on any atom is 0.297 e. The minimum Gasteiger partial charge on any atom is -0.376 e. The molecule has 0 heterocycles. The highest BCUT2D eigenvalue weighted by Crippen LogP contribution is 2.33. The van der Waals surface area contributed by atoms with Crippen molar-refractivity contribution < 1.29 is 17.3 Å². The first-order valence-electron chi connectivity index (χ1n) is 8.14. The molecule has 0 saturated heterocycles. The van der Waals surface area contributed by atoms with Gasteiger partial charge in [0.2, 0.25) is 0 Å². The van der Waals surface area contributed by atoms with Crippen LogP contribution in [0, 0.1) is 12.8 Å². The molecule has 5 heteroatoms. The van der Waals surface area contributed by atoms with Crippen LogP contribution >= 0.6 is 0 Å². The highest BCUT2D eigenvalue weighted by atomic mass is 32.2. The van der Waals surface area contributed by atoms with Crippen LogP contribution in [0.5, 0.6) is 0 Å². The van der Waals surface area contributed by atoms with Crippen molar-refractivity contribution in [1.82, 2.24) is 0 Å². The third-order valence-electron chi connectivity index (χ3n) is 4.23. The van der Waals surface area contributed by atoms with Crippen molar-refractivity contribution in [2.24, 2.45) is 5.92 Å². The van der Waals surface area contributed by atoms with Gasteiger partial charge in [-0.1, -0.05) is 48.0 Å². The summed E-state index contributed by atoms with van der Waals surface area (Å²) in [5.74, 6) is 0.368. The predicted molar refractivity (Wildman–Crippen MR) is 92.1 cm³/mol. The number of ether oxygens (including phenoxy) is 1. The van der Waals surface area contributed by atoms with Crippen molar-refractivity contribution >= 4 is 10.1 Å².